The van der Waals surface area contributed by atoms with E-state index in [1.807, 2.05) is 0 Å². The quantitative estimate of drug-likeness (QED) is 0.104. The first-order valence-electron chi connectivity index (χ1n) is 10.4. The molecule has 4 aromatic rings. The van der Waals surface area contributed by atoms with Gasteiger partial charge >= 0.3 is 0 Å². The van der Waals surface area contributed by atoms with Crippen molar-refractivity contribution >= 4 is 41.5 Å². The number of rotatable bonds is 4. The number of benzene rings is 4. The number of hydrogen-bond donors (Lipinski definition) is 0. The molecule has 0 N–H and O–H groups in total. The Hall–Kier alpha value is -3.76. The summed E-state index contributed by atoms with van der Waals surface area (Å²) in [6, 6.07) is 3.24. The summed E-state index contributed by atoms with van der Waals surface area (Å²) in [5.74, 6) is -45.5. The molecule has 0 radical (unpaired) electrons. The molecule has 0 nitrogen and oxygen atoms in total. The summed E-state index contributed by atoms with van der Waals surface area (Å²) in [6.07, 6.45) is -5.72. The van der Waals surface area contributed by atoms with Gasteiger partial charge in [-0.2, -0.15) is 5.46 Å². The Bertz CT molecular complexity index is 1450. The second kappa shape index (κ2) is 10.9. The minimum absolute atomic E-state index is 0. The molecular weight excluding hydrogens is 616 g/mol. The molecule has 4 aromatic carbocycles. The molecule has 0 aliphatic rings. The van der Waals surface area contributed by atoms with E-state index in [0.29, 0.717) is 12.1 Å². The third-order valence-electron chi connectivity index (χ3n) is 6.33. The fourth-order valence-corrected chi connectivity index (χ4v) is 4.68. The lowest BCUT2D eigenvalue weighted by Crippen LogP contribution is -2.79. The predicted octanol–water partition coefficient (Wildman–Crippen LogP) is 4.35. The highest BCUT2D eigenvalue weighted by molar-refractivity contribution is 7.37. The molecule has 0 unspecified atom stereocenters. The first kappa shape index (κ1) is 31.8. The molecule has 0 aliphatic carbocycles. The lowest BCUT2D eigenvalue weighted by Gasteiger charge is -2.44. The SMILES string of the molecule is Fc1c(F)c(F)c([B-](c2ccccc2)(c2c(F)c(F)c(F)c(F)c2F)c2c(F)c(F)c(F)c(F)c2F)c(F)c1F.[SH3+]. The molecular formula is C24H8BF15S. The van der Waals surface area contributed by atoms with Gasteiger partial charge in [-0.1, -0.05) is 43.8 Å². The van der Waals surface area contributed by atoms with Gasteiger partial charge in [0.1, 0.15) is 41.0 Å². The third kappa shape index (κ3) is 4.23. The largest absolute Gasteiger partial charge is 0.207 e. The second-order valence-corrected chi connectivity index (χ2v) is 8.23. The van der Waals surface area contributed by atoms with Crippen molar-refractivity contribution in [1.29, 1.82) is 0 Å². The van der Waals surface area contributed by atoms with Gasteiger partial charge in [-0.3, -0.25) is 0 Å². The average molecular weight is 624 g/mol. The number of halogens is 15. The Kier molecular flexibility index (Phi) is 8.45. The van der Waals surface area contributed by atoms with Crippen molar-refractivity contribution in [2.24, 2.45) is 0 Å². The van der Waals surface area contributed by atoms with E-state index in [1.54, 1.807) is 0 Å². The minimum Gasteiger partial charge on any atom is -0.207 e. The van der Waals surface area contributed by atoms with Gasteiger partial charge in [-0.25, -0.2) is 65.9 Å². The lowest BCUT2D eigenvalue weighted by molar-refractivity contribution is 0.380. The van der Waals surface area contributed by atoms with Crippen molar-refractivity contribution in [2.45, 2.75) is 0 Å². The average Bonchev–Trinajstić information content (AvgIpc) is 2.95. The van der Waals surface area contributed by atoms with E-state index >= 15 is 26.3 Å². The molecule has 0 heterocycles. The lowest BCUT2D eigenvalue weighted by atomic mass is 9.12. The fourth-order valence-electron chi connectivity index (χ4n) is 4.68. The van der Waals surface area contributed by atoms with Crippen LogP contribution in [0, 0.1) is 87.3 Å². The molecule has 0 aliphatic heterocycles. The number of hydrogen-bond acceptors (Lipinski definition) is 0. The predicted molar refractivity (Wildman–Crippen MR) is 121 cm³/mol. The van der Waals surface area contributed by atoms with Gasteiger partial charge in [-0.15, -0.1) is 16.4 Å². The summed E-state index contributed by atoms with van der Waals surface area (Å²) < 4.78 is 220. The van der Waals surface area contributed by atoms with Gasteiger partial charge in [0, 0.05) is 0 Å². The Labute approximate surface area is 225 Å². The van der Waals surface area contributed by atoms with Crippen molar-refractivity contribution in [3.8, 4) is 0 Å². The highest BCUT2D eigenvalue weighted by atomic mass is 32.1. The monoisotopic (exact) mass is 624 g/mol. The third-order valence-corrected chi connectivity index (χ3v) is 6.33. The van der Waals surface area contributed by atoms with Crippen molar-refractivity contribution in [2.75, 3.05) is 0 Å². The maximum absolute atomic E-state index is 15.3. The van der Waals surface area contributed by atoms with Crippen LogP contribution >= 0.6 is 0 Å². The summed E-state index contributed by atoms with van der Waals surface area (Å²) in [4.78, 5) is 0. The van der Waals surface area contributed by atoms with E-state index < -0.39 is 115 Å². The van der Waals surface area contributed by atoms with Crippen LogP contribution in [0.2, 0.25) is 0 Å². The molecule has 0 bridgehead atoms. The topological polar surface area (TPSA) is 0 Å². The Morgan fingerprint density at radius 3 is 0.707 bits per heavy atom. The van der Waals surface area contributed by atoms with E-state index in [4.69, 9.17) is 0 Å². The summed E-state index contributed by atoms with van der Waals surface area (Å²) in [5.41, 5.74) is -9.41. The summed E-state index contributed by atoms with van der Waals surface area (Å²) >= 11 is 0. The summed E-state index contributed by atoms with van der Waals surface area (Å²) in [5, 5.41) is 0. The highest BCUT2D eigenvalue weighted by Crippen LogP contribution is 2.28. The van der Waals surface area contributed by atoms with Gasteiger partial charge in [0.25, 0.3) is 0 Å². The van der Waals surface area contributed by atoms with Gasteiger partial charge in [0.15, 0.2) is 52.4 Å². The van der Waals surface area contributed by atoms with E-state index in [2.05, 4.69) is 0 Å². The molecule has 0 spiro atoms. The van der Waals surface area contributed by atoms with Crippen LogP contribution in [-0.2, 0) is 13.5 Å². The van der Waals surface area contributed by atoms with E-state index in [-0.39, 0.29) is 13.5 Å². The van der Waals surface area contributed by atoms with E-state index in [9.17, 15) is 39.5 Å². The van der Waals surface area contributed by atoms with Crippen LogP contribution in [0.25, 0.3) is 0 Å². The Morgan fingerprint density at radius 2 is 0.488 bits per heavy atom. The molecule has 41 heavy (non-hydrogen) atoms. The summed E-state index contributed by atoms with van der Waals surface area (Å²) in [7, 11) is 0. The smallest absolute Gasteiger partial charge is 0.200 e. The van der Waals surface area contributed by atoms with Crippen LogP contribution in [0.3, 0.4) is 0 Å². The van der Waals surface area contributed by atoms with Gasteiger partial charge < -0.3 is 0 Å². The van der Waals surface area contributed by atoms with Gasteiger partial charge in [0.05, 0.1) is 0 Å². The molecule has 0 amide bonds. The van der Waals surface area contributed by atoms with Crippen molar-refractivity contribution < 1.29 is 65.9 Å². The maximum Gasteiger partial charge on any atom is 0.200 e. The molecule has 4 rings (SSSR count). The zero-order valence-electron chi connectivity index (χ0n) is 19.2. The molecule has 0 aromatic heterocycles. The van der Waals surface area contributed by atoms with Crippen LogP contribution in [0.5, 0.6) is 0 Å². The fraction of sp³-hybridized carbons (Fsp3) is 0. The van der Waals surface area contributed by atoms with Gasteiger partial charge in [-0.05, 0) is 0 Å². The van der Waals surface area contributed by atoms with Crippen LogP contribution < -0.4 is 21.9 Å². The van der Waals surface area contributed by atoms with Crippen molar-refractivity contribution in [3.05, 3.63) is 118 Å². The van der Waals surface area contributed by atoms with E-state index in [0.717, 1.165) is 18.2 Å². The maximum atomic E-state index is 15.3. The summed E-state index contributed by atoms with van der Waals surface area (Å²) in [6.45, 7) is 0. The van der Waals surface area contributed by atoms with Crippen LogP contribution in [-0.4, -0.2) is 6.15 Å². The Balaban J connectivity index is 0.00000462. The van der Waals surface area contributed by atoms with Crippen LogP contribution in [0.15, 0.2) is 30.3 Å². The first-order chi connectivity index (χ1) is 18.6. The molecule has 0 atom stereocenters. The van der Waals surface area contributed by atoms with Crippen molar-refractivity contribution in [1.82, 2.24) is 0 Å². The normalized spacial score (nSPS) is 11.6. The second-order valence-electron chi connectivity index (χ2n) is 8.23. The van der Waals surface area contributed by atoms with Crippen LogP contribution in [0.1, 0.15) is 0 Å². The molecule has 0 saturated carbocycles. The first-order valence-corrected chi connectivity index (χ1v) is 10.4. The van der Waals surface area contributed by atoms with Crippen molar-refractivity contribution in [3.63, 3.8) is 0 Å². The minimum atomic E-state index is -5.72. The molecule has 0 saturated heterocycles. The zero-order chi connectivity index (χ0) is 30.0. The molecule has 218 valence electrons. The van der Waals surface area contributed by atoms with Gasteiger partial charge in [0.2, 0.25) is 0 Å². The highest BCUT2D eigenvalue weighted by Gasteiger charge is 2.48. The zero-order valence-corrected chi connectivity index (χ0v) is 20.4. The Morgan fingerprint density at radius 1 is 0.293 bits per heavy atom. The standard InChI is InChI=1S/C24H5BF15.H2S/c26-10-7(11(27)17(33)22(38)16(10)32)25(6-4-2-1-3-5-6,8-12(28)18(34)23(39)19(35)13(8)29)9-14(30)20(36)24(40)21(37)15(9)31;/h1-5H;1H2/q-1;/p+1. The van der Waals surface area contributed by atoms with E-state index in [1.165, 1.54) is 0 Å². The molecule has 17 heteroatoms. The van der Waals surface area contributed by atoms with Crippen LogP contribution in [0.4, 0.5) is 65.9 Å². The molecule has 0 fully saturated rings.